The number of halogens is 1. The van der Waals surface area contributed by atoms with E-state index in [0.717, 1.165) is 28.5 Å². The highest BCUT2D eigenvalue weighted by Crippen LogP contribution is 2.48. The minimum Gasteiger partial charge on any atom is -0.460 e. The maximum atomic E-state index is 15.6. The number of fused-ring (bicyclic) bond motifs is 5. The summed E-state index contributed by atoms with van der Waals surface area (Å²) in [6.07, 6.45) is 5.71. The zero-order valence-corrected chi connectivity index (χ0v) is 58.8. The van der Waals surface area contributed by atoms with Gasteiger partial charge in [0.1, 0.15) is 37.9 Å². The molecule has 9 rings (SSSR count). The zero-order valence-electron chi connectivity index (χ0n) is 58.8. The van der Waals surface area contributed by atoms with Gasteiger partial charge in [0.15, 0.2) is 0 Å². The first-order valence-corrected chi connectivity index (χ1v) is 35.3. The van der Waals surface area contributed by atoms with Crippen LogP contribution in [0.4, 0.5) is 4.39 Å². The van der Waals surface area contributed by atoms with Gasteiger partial charge in [-0.15, -0.1) is 0 Å². The van der Waals surface area contributed by atoms with Gasteiger partial charge in [-0.2, -0.15) is 0 Å². The number of esters is 1. The summed E-state index contributed by atoms with van der Waals surface area (Å²) in [7, 11) is 0. The van der Waals surface area contributed by atoms with Crippen LogP contribution in [0.15, 0.2) is 59.4 Å². The van der Waals surface area contributed by atoms with Crippen LogP contribution in [0.5, 0.6) is 0 Å². The third-order valence-electron chi connectivity index (χ3n) is 18.1. The molecule has 104 heavy (non-hydrogen) atoms. The number of hydrogen-bond donors (Lipinski definition) is 6. The number of aromatic nitrogens is 2. The summed E-state index contributed by atoms with van der Waals surface area (Å²) in [5.74, 6) is -5.75. The summed E-state index contributed by atoms with van der Waals surface area (Å²) in [4.78, 5) is 149. The number of amides is 9. The average molecular weight is 1450 g/mol. The molecule has 0 radical (unpaired) electrons. The Balaban J connectivity index is 0.565. The van der Waals surface area contributed by atoms with Crippen molar-refractivity contribution in [2.75, 3.05) is 152 Å². The van der Waals surface area contributed by atoms with Crippen molar-refractivity contribution in [2.24, 2.45) is 0 Å². The molecular weight excluding hydrogens is 1360 g/mol. The number of cyclic esters (lactones) is 1. The van der Waals surface area contributed by atoms with Crippen LogP contribution in [0, 0.1) is 12.7 Å². The fourth-order valence-corrected chi connectivity index (χ4v) is 12.8. The first kappa shape index (κ1) is 79.1. The van der Waals surface area contributed by atoms with Crippen LogP contribution in [0.2, 0.25) is 0 Å². The maximum absolute atomic E-state index is 15.6. The third-order valence-corrected chi connectivity index (χ3v) is 18.1. The zero-order chi connectivity index (χ0) is 73.7. The Bertz CT molecular complexity index is 3760. The molecule has 4 aliphatic heterocycles. The van der Waals surface area contributed by atoms with Gasteiger partial charge in [-0.05, 0) is 72.9 Å². The van der Waals surface area contributed by atoms with Gasteiger partial charge < -0.3 is 88.7 Å². The second kappa shape index (κ2) is 40.9. The lowest BCUT2D eigenvalue weighted by molar-refractivity contribution is -0.148. The van der Waals surface area contributed by atoms with Crippen molar-refractivity contribution in [3.63, 3.8) is 0 Å². The van der Waals surface area contributed by atoms with Gasteiger partial charge in [-0.25, -0.2) is 9.37 Å². The third kappa shape index (κ3) is 22.5. The molecule has 1 saturated heterocycles. The molecule has 2 aromatic heterocycles. The lowest BCUT2D eigenvalue weighted by atomic mass is 9.81. The van der Waals surface area contributed by atoms with E-state index in [0.29, 0.717) is 183 Å². The van der Waals surface area contributed by atoms with Gasteiger partial charge in [0.2, 0.25) is 35.4 Å². The van der Waals surface area contributed by atoms with Crippen molar-refractivity contribution in [2.45, 2.75) is 109 Å². The molecule has 564 valence electrons. The molecule has 9 amide bonds. The van der Waals surface area contributed by atoms with Crippen LogP contribution in [-0.2, 0) is 121 Å². The first-order chi connectivity index (χ1) is 50.5. The summed E-state index contributed by atoms with van der Waals surface area (Å²) in [6.45, 7) is 7.52. The van der Waals surface area contributed by atoms with Crippen molar-refractivity contribution in [1.29, 1.82) is 0 Å². The minimum absolute atomic E-state index is 0.0371. The molecule has 0 spiro atoms. The van der Waals surface area contributed by atoms with Gasteiger partial charge in [0, 0.05) is 68.1 Å². The first-order valence-electron chi connectivity index (χ1n) is 35.3. The summed E-state index contributed by atoms with van der Waals surface area (Å²) in [5, 5.41) is 16.1. The molecule has 4 atom stereocenters. The summed E-state index contributed by atoms with van der Waals surface area (Å²) >= 11 is 0. The number of unbranched alkanes of at least 4 members (excludes halogenated alkanes) is 2. The number of carbonyl (C=O) groups excluding carboxylic acids is 10. The van der Waals surface area contributed by atoms with Crippen molar-refractivity contribution >= 4 is 70.0 Å². The quantitative estimate of drug-likeness (QED) is 0.0136. The second-order valence-corrected chi connectivity index (χ2v) is 25.1. The standard InChI is InChI=1S/C72H93FN10O21/c1-3-48-50-37-57-68-51(42-83(57)70(92)52(50)43-103-72(48)94)67-56(14-13-49-46(2)53(73)38-54(80-68)66(49)67)81-20-17-58(71(81)93)104-45-78-61(86)40-77-69(91)55(36-47-10-6-4-7-11-47)79-62(87)41-75-60(85)39-76-63(88)44-102-35-34-101-33-32-100-31-30-99-29-28-98-27-26-97-25-24-96-23-22-95-21-18-74-59(84)12-8-5-9-19-82-64(89)15-16-65(82)90/h4,6-7,10-11,15-16,37-38,48,55-56,58H,3,5,8-9,12-14,17-36,39-45H2,1-2H3,(H,74,84)(H,75,85)(H,76,88)(H,77,91)(H,78,86)(H,79,87)/t48-,55+,56+,58?/m1/s1. The number of imide groups is 1. The van der Waals surface area contributed by atoms with E-state index in [-0.39, 0.29) is 81.9 Å². The molecule has 2 aromatic carbocycles. The molecule has 32 heteroatoms. The molecular formula is C72H93FN10O21. The fraction of sp³-hybridized carbons (Fsp3) is 0.556. The maximum Gasteiger partial charge on any atom is 0.313 e. The number of likely N-dealkylation sites (tertiary alicyclic amines) is 1. The molecule has 1 aliphatic carbocycles. The Kier molecular flexibility index (Phi) is 31.1. The number of benzene rings is 2. The van der Waals surface area contributed by atoms with E-state index >= 15 is 4.39 Å². The number of pyridine rings is 2. The predicted octanol–water partition coefficient (Wildman–Crippen LogP) is 0.912. The van der Waals surface area contributed by atoms with Gasteiger partial charge >= 0.3 is 5.97 Å². The Morgan fingerprint density at radius 1 is 0.654 bits per heavy atom. The van der Waals surface area contributed by atoms with E-state index < -0.39 is 85.1 Å². The Labute approximate surface area is 600 Å². The van der Waals surface area contributed by atoms with Crippen LogP contribution < -0.4 is 37.5 Å². The van der Waals surface area contributed by atoms with E-state index in [2.05, 4.69) is 31.9 Å². The SMILES string of the molecule is CC[C@H]1C(=O)OCc2c1cc1n(c2=O)Cc2c-1nc1cc(F)c(C)c3c1c2[C@@H](N1CCC(OCNC(=O)CNC(=O)[C@H](Cc2ccccc2)NC(=O)CNC(=O)CNC(=O)COCCOCCOCCOCCOCCOCCOCCOCCNC(=O)CCCCCN2C(=O)C=CC2=O)C1=O)CC3. The summed E-state index contributed by atoms with van der Waals surface area (Å²) < 4.78 is 72.3. The normalized spacial score (nSPS) is 16.7. The Morgan fingerprint density at radius 3 is 1.91 bits per heavy atom. The number of aryl methyl sites for hydroxylation is 1. The molecule has 0 saturated carbocycles. The average Bonchev–Trinajstić information content (AvgIpc) is 1.50. The van der Waals surface area contributed by atoms with Crippen LogP contribution in [0.25, 0.3) is 22.3 Å². The Hall–Kier alpha value is -8.99. The van der Waals surface area contributed by atoms with Crippen LogP contribution >= 0.6 is 0 Å². The smallest absolute Gasteiger partial charge is 0.313 e. The number of ether oxygens (including phenoxy) is 10. The number of nitrogens with one attached hydrogen (secondary N) is 6. The fourth-order valence-electron chi connectivity index (χ4n) is 12.8. The molecule has 0 bridgehead atoms. The van der Waals surface area contributed by atoms with Crippen molar-refractivity contribution in [3.8, 4) is 11.4 Å². The highest BCUT2D eigenvalue weighted by Gasteiger charge is 2.43. The van der Waals surface area contributed by atoms with Gasteiger partial charge in [0.25, 0.3) is 23.3 Å². The van der Waals surface area contributed by atoms with Gasteiger partial charge in [0.05, 0.1) is 160 Å². The number of nitrogens with zero attached hydrogens (tertiary/aromatic N) is 4. The minimum atomic E-state index is -1.17. The molecule has 31 nitrogen and oxygen atoms in total. The second-order valence-electron chi connectivity index (χ2n) is 25.1. The van der Waals surface area contributed by atoms with Crippen LogP contribution in [-0.4, -0.2) is 242 Å². The topological polar surface area (TPSA) is 377 Å². The number of rotatable bonds is 47. The van der Waals surface area contributed by atoms with E-state index in [9.17, 15) is 52.7 Å². The van der Waals surface area contributed by atoms with Crippen molar-refractivity contribution < 1.29 is 99.7 Å². The van der Waals surface area contributed by atoms with Crippen LogP contribution in [0.3, 0.4) is 0 Å². The predicted molar refractivity (Wildman–Crippen MR) is 368 cm³/mol. The summed E-state index contributed by atoms with van der Waals surface area (Å²) in [6, 6.07) is 10.4. The molecule has 1 fully saturated rings. The van der Waals surface area contributed by atoms with E-state index in [1.54, 1.807) is 46.7 Å². The van der Waals surface area contributed by atoms with E-state index in [1.807, 2.05) is 13.0 Å². The molecule has 4 aromatic rings. The largest absolute Gasteiger partial charge is 0.460 e. The van der Waals surface area contributed by atoms with E-state index in [1.165, 1.54) is 23.1 Å². The van der Waals surface area contributed by atoms with Crippen LogP contribution in [0.1, 0.15) is 103 Å². The number of hydrogen-bond acceptors (Lipinski definition) is 22. The lowest BCUT2D eigenvalue weighted by Gasteiger charge is -2.35. The highest BCUT2D eigenvalue weighted by molar-refractivity contribution is 6.12. The van der Waals surface area contributed by atoms with E-state index in [4.69, 9.17) is 52.4 Å². The molecule has 1 unspecified atom stereocenters. The molecule has 6 heterocycles. The number of carbonyl (C=O) groups is 10. The highest BCUT2D eigenvalue weighted by atomic mass is 19.1. The van der Waals surface area contributed by atoms with Gasteiger partial charge in [-0.1, -0.05) is 43.7 Å². The lowest BCUT2D eigenvalue weighted by Crippen LogP contribution is -2.52. The van der Waals surface area contributed by atoms with Crippen molar-refractivity contribution in [1.82, 2.24) is 51.3 Å². The summed E-state index contributed by atoms with van der Waals surface area (Å²) in [5.41, 5.74) is 5.62. The van der Waals surface area contributed by atoms with Gasteiger partial charge in [-0.3, -0.25) is 57.6 Å². The molecule has 5 aliphatic rings. The van der Waals surface area contributed by atoms with Crippen molar-refractivity contribution in [3.05, 3.63) is 110 Å². The monoisotopic (exact) mass is 1450 g/mol. The Morgan fingerprint density at radius 2 is 1.26 bits per heavy atom. The molecule has 6 N–H and O–H groups in total.